The lowest BCUT2D eigenvalue weighted by Gasteiger charge is -2.53. The quantitative estimate of drug-likeness (QED) is 0.681. The van der Waals surface area contributed by atoms with Crippen molar-refractivity contribution in [2.45, 2.75) is 32.2 Å². The SMILES string of the molecule is O=C(Nc1cc(F)cc(Cl)c1)C1CCC2(CC1)CN(Cc1cccc(Cl)c1)C2. The van der Waals surface area contributed by atoms with Crippen LogP contribution in [-0.2, 0) is 11.3 Å². The van der Waals surface area contributed by atoms with Crippen LogP contribution in [0.2, 0.25) is 10.0 Å². The third-order valence-corrected chi connectivity index (χ3v) is 6.41. The summed E-state index contributed by atoms with van der Waals surface area (Å²) in [5, 5.41) is 3.88. The van der Waals surface area contributed by atoms with Gasteiger partial charge in [-0.2, -0.15) is 0 Å². The van der Waals surface area contributed by atoms with Gasteiger partial charge in [0.15, 0.2) is 0 Å². The molecule has 1 heterocycles. The van der Waals surface area contributed by atoms with Crippen LogP contribution in [0.25, 0.3) is 0 Å². The molecular formula is C22H23Cl2FN2O. The van der Waals surface area contributed by atoms with Crippen LogP contribution in [0.3, 0.4) is 0 Å². The molecule has 28 heavy (non-hydrogen) atoms. The van der Waals surface area contributed by atoms with Gasteiger partial charge in [-0.15, -0.1) is 0 Å². The van der Waals surface area contributed by atoms with Crippen molar-refractivity contribution in [3.8, 4) is 0 Å². The lowest BCUT2D eigenvalue weighted by atomic mass is 9.65. The second-order valence-corrected chi connectivity index (χ2v) is 9.07. The number of halogens is 3. The molecule has 2 aliphatic rings. The molecule has 1 saturated heterocycles. The van der Waals surface area contributed by atoms with Gasteiger partial charge in [0.1, 0.15) is 5.82 Å². The summed E-state index contributed by atoms with van der Waals surface area (Å²) >= 11 is 11.9. The molecule has 1 aliphatic heterocycles. The van der Waals surface area contributed by atoms with E-state index in [1.165, 1.54) is 17.7 Å². The zero-order chi connectivity index (χ0) is 19.7. The number of likely N-dealkylation sites (tertiary alicyclic amines) is 1. The van der Waals surface area contributed by atoms with Gasteiger partial charge in [-0.25, -0.2) is 4.39 Å². The molecule has 4 rings (SSSR count). The molecule has 0 bridgehead atoms. The smallest absolute Gasteiger partial charge is 0.227 e. The van der Waals surface area contributed by atoms with Gasteiger partial charge in [0.2, 0.25) is 5.91 Å². The lowest BCUT2D eigenvalue weighted by molar-refractivity contribution is -0.123. The van der Waals surface area contributed by atoms with Crippen LogP contribution in [0.1, 0.15) is 31.2 Å². The minimum Gasteiger partial charge on any atom is -0.326 e. The highest BCUT2D eigenvalue weighted by Gasteiger charge is 2.45. The molecular weight excluding hydrogens is 398 g/mol. The highest BCUT2D eigenvalue weighted by molar-refractivity contribution is 6.31. The van der Waals surface area contributed by atoms with Crippen LogP contribution < -0.4 is 5.32 Å². The average Bonchev–Trinajstić information content (AvgIpc) is 2.60. The molecule has 2 aromatic carbocycles. The Bertz CT molecular complexity index is 852. The summed E-state index contributed by atoms with van der Waals surface area (Å²) < 4.78 is 13.4. The second-order valence-electron chi connectivity index (χ2n) is 8.20. The van der Waals surface area contributed by atoms with Crippen molar-refractivity contribution < 1.29 is 9.18 Å². The van der Waals surface area contributed by atoms with E-state index in [9.17, 15) is 9.18 Å². The number of nitrogens with zero attached hydrogens (tertiary/aromatic N) is 1. The highest BCUT2D eigenvalue weighted by atomic mass is 35.5. The zero-order valence-corrected chi connectivity index (χ0v) is 17.1. The molecule has 6 heteroatoms. The fraction of sp³-hybridized carbons (Fsp3) is 0.409. The molecule has 1 N–H and O–H groups in total. The van der Waals surface area contributed by atoms with Crippen LogP contribution >= 0.6 is 23.2 Å². The molecule has 1 saturated carbocycles. The van der Waals surface area contributed by atoms with E-state index in [0.29, 0.717) is 11.1 Å². The Morgan fingerprint density at radius 1 is 1.11 bits per heavy atom. The number of carbonyl (C=O) groups excluding carboxylic acids is 1. The Morgan fingerprint density at radius 2 is 1.86 bits per heavy atom. The number of benzene rings is 2. The first-order valence-corrected chi connectivity index (χ1v) is 10.4. The standard InChI is InChI=1S/C22H23Cl2FN2O/c23-17-3-1-2-15(8-17)12-27-13-22(14-27)6-4-16(5-7-22)21(28)26-20-10-18(24)9-19(25)11-20/h1-3,8-11,16H,4-7,12-14H2,(H,26,28). The summed E-state index contributed by atoms with van der Waals surface area (Å²) in [5.74, 6) is -0.499. The van der Waals surface area contributed by atoms with Crippen LogP contribution in [0.5, 0.6) is 0 Å². The summed E-state index contributed by atoms with van der Waals surface area (Å²) in [7, 11) is 0. The minimum absolute atomic E-state index is 0.0188. The van der Waals surface area contributed by atoms with Crippen molar-refractivity contribution in [2.24, 2.45) is 11.3 Å². The Balaban J connectivity index is 1.26. The number of anilines is 1. The Kier molecular flexibility index (Phi) is 5.64. The minimum atomic E-state index is -0.445. The Morgan fingerprint density at radius 3 is 2.54 bits per heavy atom. The van der Waals surface area contributed by atoms with Gasteiger partial charge < -0.3 is 5.32 Å². The van der Waals surface area contributed by atoms with Gasteiger partial charge >= 0.3 is 0 Å². The first kappa shape index (κ1) is 19.7. The monoisotopic (exact) mass is 420 g/mol. The van der Waals surface area contributed by atoms with Crippen LogP contribution in [-0.4, -0.2) is 23.9 Å². The maximum atomic E-state index is 13.4. The van der Waals surface area contributed by atoms with Crippen molar-refractivity contribution in [3.05, 3.63) is 63.9 Å². The van der Waals surface area contributed by atoms with Crippen molar-refractivity contribution in [2.75, 3.05) is 18.4 Å². The molecule has 148 valence electrons. The predicted molar refractivity (Wildman–Crippen MR) is 111 cm³/mol. The van der Waals surface area contributed by atoms with Crippen molar-refractivity contribution in [3.63, 3.8) is 0 Å². The van der Waals surface area contributed by atoms with Gasteiger partial charge in [-0.1, -0.05) is 35.3 Å². The van der Waals surface area contributed by atoms with Gasteiger partial charge in [0.25, 0.3) is 0 Å². The Labute approximate surface area is 174 Å². The number of nitrogens with one attached hydrogen (secondary N) is 1. The molecule has 0 atom stereocenters. The summed E-state index contributed by atoms with van der Waals surface area (Å²) in [4.78, 5) is 15.0. The van der Waals surface area contributed by atoms with Crippen molar-refractivity contribution in [1.82, 2.24) is 4.90 Å². The average molecular weight is 421 g/mol. The summed E-state index contributed by atoms with van der Waals surface area (Å²) in [6.45, 7) is 3.08. The Hall–Kier alpha value is -1.62. The van der Waals surface area contributed by atoms with E-state index in [1.807, 2.05) is 18.2 Å². The molecule has 0 aromatic heterocycles. The van der Waals surface area contributed by atoms with Gasteiger partial charge in [0, 0.05) is 41.3 Å². The lowest BCUT2D eigenvalue weighted by Crippen LogP contribution is -2.57. The normalized spacial score (nSPS) is 19.4. The van der Waals surface area contributed by atoms with E-state index < -0.39 is 5.82 Å². The number of hydrogen-bond donors (Lipinski definition) is 1. The molecule has 1 spiro atoms. The number of amides is 1. The molecule has 0 unspecified atom stereocenters. The maximum absolute atomic E-state index is 13.4. The fourth-order valence-corrected chi connectivity index (χ4v) is 5.02. The van der Waals surface area contributed by atoms with Crippen LogP contribution in [0.15, 0.2) is 42.5 Å². The van der Waals surface area contributed by atoms with Crippen molar-refractivity contribution in [1.29, 1.82) is 0 Å². The number of hydrogen-bond acceptors (Lipinski definition) is 2. The maximum Gasteiger partial charge on any atom is 0.227 e. The van der Waals surface area contributed by atoms with E-state index in [4.69, 9.17) is 23.2 Å². The highest BCUT2D eigenvalue weighted by Crippen LogP contribution is 2.46. The number of rotatable bonds is 4. The first-order valence-electron chi connectivity index (χ1n) is 9.65. The molecule has 3 nitrogen and oxygen atoms in total. The topological polar surface area (TPSA) is 32.3 Å². The van der Waals surface area contributed by atoms with Gasteiger partial charge in [0.05, 0.1) is 0 Å². The third kappa shape index (κ3) is 4.51. The van der Waals surface area contributed by atoms with E-state index in [1.54, 1.807) is 6.07 Å². The van der Waals surface area contributed by atoms with Gasteiger partial charge in [-0.05, 0) is 67.0 Å². The molecule has 1 aliphatic carbocycles. The van der Waals surface area contributed by atoms with Crippen LogP contribution in [0, 0.1) is 17.2 Å². The van der Waals surface area contributed by atoms with E-state index in [0.717, 1.165) is 50.3 Å². The largest absolute Gasteiger partial charge is 0.326 e. The summed E-state index contributed by atoms with van der Waals surface area (Å²) in [5.41, 5.74) is 2.01. The fourth-order valence-electron chi connectivity index (χ4n) is 4.59. The number of carbonyl (C=O) groups is 1. The van der Waals surface area contributed by atoms with Crippen LogP contribution in [0.4, 0.5) is 10.1 Å². The first-order chi connectivity index (χ1) is 13.4. The molecule has 0 radical (unpaired) electrons. The summed E-state index contributed by atoms with van der Waals surface area (Å²) in [6.07, 6.45) is 3.86. The summed E-state index contributed by atoms with van der Waals surface area (Å²) in [6, 6.07) is 12.1. The molecule has 2 aromatic rings. The van der Waals surface area contributed by atoms with E-state index >= 15 is 0 Å². The molecule has 1 amide bonds. The third-order valence-electron chi connectivity index (χ3n) is 5.96. The predicted octanol–water partition coefficient (Wildman–Crippen LogP) is 5.76. The molecule has 2 fully saturated rings. The zero-order valence-electron chi connectivity index (χ0n) is 15.6. The van der Waals surface area contributed by atoms with Crippen molar-refractivity contribution >= 4 is 34.8 Å². The second kappa shape index (κ2) is 8.02. The van der Waals surface area contributed by atoms with E-state index in [-0.39, 0.29) is 16.8 Å². The van der Waals surface area contributed by atoms with E-state index in [2.05, 4.69) is 16.3 Å². The van der Waals surface area contributed by atoms with Gasteiger partial charge in [-0.3, -0.25) is 9.69 Å².